The minimum absolute atomic E-state index is 0.181. The Balaban J connectivity index is 1.80. The van der Waals surface area contributed by atoms with Gasteiger partial charge >= 0.3 is 16.3 Å². The topological polar surface area (TPSA) is 89.9 Å². The molecular weight excluding hydrogens is 418 g/mol. The predicted octanol–water partition coefficient (Wildman–Crippen LogP) is 2.09. The highest BCUT2D eigenvalue weighted by molar-refractivity contribution is 7.85. The van der Waals surface area contributed by atoms with Gasteiger partial charge in [0, 0.05) is 24.7 Å². The molecule has 1 aliphatic heterocycles. The van der Waals surface area contributed by atoms with Crippen LogP contribution in [-0.2, 0) is 30.4 Å². The number of aryl methyl sites for hydroxylation is 1. The van der Waals surface area contributed by atoms with Crippen LogP contribution in [0.15, 0.2) is 24.4 Å². The Bertz CT molecular complexity index is 1040. The first kappa shape index (κ1) is 23.7. The number of hydrogen-bond donors (Lipinski definition) is 1. The van der Waals surface area contributed by atoms with Crippen LogP contribution in [0.3, 0.4) is 0 Å². The number of nitrogens with zero attached hydrogens (tertiary/aromatic N) is 2. The average Bonchev–Trinajstić information content (AvgIpc) is 3.32. The van der Waals surface area contributed by atoms with E-state index in [1.165, 1.54) is 3.97 Å². The number of carbonyl (C=O) groups is 1. The molecular formula is C22H33N3O5S. The molecule has 0 saturated carbocycles. The second-order valence-electron chi connectivity index (χ2n) is 9.15. The highest BCUT2D eigenvalue weighted by atomic mass is 32.2. The second kappa shape index (κ2) is 9.28. The fraction of sp³-hybridized carbons (Fsp3) is 0.591. The maximum absolute atomic E-state index is 13.1. The van der Waals surface area contributed by atoms with E-state index in [0.717, 1.165) is 36.0 Å². The summed E-state index contributed by atoms with van der Waals surface area (Å²) in [5, 5.41) is 4.03. The number of aromatic nitrogens is 1. The van der Waals surface area contributed by atoms with Crippen molar-refractivity contribution in [2.75, 3.05) is 40.3 Å². The Morgan fingerprint density at radius 3 is 2.71 bits per heavy atom. The molecule has 1 aliphatic rings. The van der Waals surface area contributed by atoms with Crippen LogP contribution in [0.5, 0.6) is 0 Å². The molecule has 3 rings (SSSR count). The number of benzene rings is 1. The molecule has 0 bridgehead atoms. The highest BCUT2D eigenvalue weighted by Gasteiger charge is 2.35. The molecule has 1 aromatic carbocycles. The lowest BCUT2D eigenvalue weighted by Gasteiger charge is -2.24. The van der Waals surface area contributed by atoms with E-state index in [1.807, 2.05) is 33.2 Å². The van der Waals surface area contributed by atoms with Crippen molar-refractivity contribution >= 4 is 27.2 Å². The van der Waals surface area contributed by atoms with Gasteiger partial charge in [0.05, 0.1) is 17.5 Å². The first-order chi connectivity index (χ1) is 14.5. The molecule has 9 heteroatoms. The van der Waals surface area contributed by atoms with E-state index in [2.05, 4.69) is 10.2 Å². The van der Waals surface area contributed by atoms with Gasteiger partial charge in [-0.05, 0) is 71.9 Å². The molecule has 1 unspecified atom stereocenters. The fourth-order valence-electron chi connectivity index (χ4n) is 3.49. The zero-order valence-electron chi connectivity index (χ0n) is 19.0. The second-order valence-corrected chi connectivity index (χ2v) is 10.6. The molecule has 2 heterocycles. The number of esters is 1. The van der Waals surface area contributed by atoms with Crippen LogP contribution < -0.4 is 5.32 Å². The molecule has 1 atom stereocenters. The average molecular weight is 452 g/mol. The lowest BCUT2D eigenvalue weighted by atomic mass is 9.95. The molecule has 8 nitrogen and oxygen atoms in total. The van der Waals surface area contributed by atoms with Crippen molar-refractivity contribution in [1.82, 2.24) is 14.2 Å². The standard InChI is InChI=1S/C22H33N3O5S/c1-16-6-7-20-19(12-16)17(9-11-24(4)5)14-25(20)31(27,28)29-15-22(2,3)21(26)30-18-8-10-23-13-18/h6-7,12,14,18,23H,8-11,13,15H2,1-5H3. The number of likely N-dealkylation sites (N-methyl/N-ethyl adjacent to an activating group) is 1. The zero-order valence-corrected chi connectivity index (χ0v) is 19.8. The largest absolute Gasteiger partial charge is 0.460 e. The Labute approximate surface area is 184 Å². The van der Waals surface area contributed by atoms with Gasteiger partial charge in [-0.2, -0.15) is 8.42 Å². The summed E-state index contributed by atoms with van der Waals surface area (Å²) in [5.41, 5.74) is 1.46. The third-order valence-electron chi connectivity index (χ3n) is 5.49. The summed E-state index contributed by atoms with van der Waals surface area (Å²) in [4.78, 5) is 14.6. The fourth-order valence-corrected chi connectivity index (χ4v) is 4.70. The van der Waals surface area contributed by atoms with Gasteiger partial charge < -0.3 is 15.0 Å². The van der Waals surface area contributed by atoms with Crippen molar-refractivity contribution in [3.05, 3.63) is 35.5 Å². The molecule has 1 N–H and O–H groups in total. The Hall–Kier alpha value is -1.94. The molecule has 172 valence electrons. The predicted molar refractivity (Wildman–Crippen MR) is 120 cm³/mol. The maximum atomic E-state index is 13.1. The van der Waals surface area contributed by atoms with E-state index in [9.17, 15) is 13.2 Å². The summed E-state index contributed by atoms with van der Waals surface area (Å²) < 4.78 is 38.2. The van der Waals surface area contributed by atoms with Crippen molar-refractivity contribution < 1.29 is 22.1 Å². The quantitative estimate of drug-likeness (QED) is 0.584. The number of carbonyl (C=O) groups excluding carboxylic acids is 1. The van der Waals surface area contributed by atoms with Crippen molar-refractivity contribution in [3.8, 4) is 0 Å². The SMILES string of the molecule is Cc1ccc2c(c1)c(CCN(C)C)cn2S(=O)(=O)OCC(C)(C)C(=O)OC1CCNC1. The van der Waals surface area contributed by atoms with Crippen LogP contribution >= 0.6 is 0 Å². The smallest absolute Gasteiger partial charge is 0.366 e. The molecule has 2 aromatic rings. The normalized spacial score (nSPS) is 17.5. The van der Waals surface area contributed by atoms with Gasteiger partial charge in [0.15, 0.2) is 0 Å². The monoisotopic (exact) mass is 451 g/mol. The van der Waals surface area contributed by atoms with E-state index < -0.39 is 21.7 Å². The van der Waals surface area contributed by atoms with Crippen LogP contribution in [0, 0.1) is 12.3 Å². The van der Waals surface area contributed by atoms with Gasteiger partial charge in [0.1, 0.15) is 6.10 Å². The van der Waals surface area contributed by atoms with Gasteiger partial charge in [-0.1, -0.05) is 11.6 Å². The van der Waals surface area contributed by atoms with E-state index in [4.69, 9.17) is 8.92 Å². The first-order valence-electron chi connectivity index (χ1n) is 10.6. The van der Waals surface area contributed by atoms with Crippen molar-refractivity contribution in [2.45, 2.75) is 39.7 Å². The molecule has 0 spiro atoms. The number of ether oxygens (including phenoxy) is 1. The molecule has 1 fully saturated rings. The Morgan fingerprint density at radius 1 is 1.32 bits per heavy atom. The van der Waals surface area contributed by atoms with E-state index in [-0.39, 0.29) is 12.7 Å². The van der Waals surface area contributed by atoms with Crippen LogP contribution in [0.1, 0.15) is 31.4 Å². The lowest BCUT2D eigenvalue weighted by molar-refractivity contribution is -0.160. The molecule has 1 saturated heterocycles. The highest BCUT2D eigenvalue weighted by Crippen LogP contribution is 2.27. The number of nitrogens with one attached hydrogen (secondary N) is 1. The molecule has 0 amide bonds. The third kappa shape index (κ3) is 5.65. The van der Waals surface area contributed by atoms with Crippen LogP contribution in [0.4, 0.5) is 0 Å². The summed E-state index contributed by atoms with van der Waals surface area (Å²) in [6.07, 6.45) is 2.91. The van der Waals surface area contributed by atoms with Gasteiger partial charge in [-0.25, -0.2) is 3.97 Å². The van der Waals surface area contributed by atoms with Crippen LogP contribution in [-0.4, -0.2) is 69.7 Å². The van der Waals surface area contributed by atoms with Crippen molar-refractivity contribution in [1.29, 1.82) is 0 Å². The van der Waals surface area contributed by atoms with Gasteiger partial charge in [-0.15, -0.1) is 0 Å². The lowest BCUT2D eigenvalue weighted by Crippen LogP contribution is -2.36. The van der Waals surface area contributed by atoms with Crippen molar-refractivity contribution in [2.24, 2.45) is 5.41 Å². The number of hydrogen-bond acceptors (Lipinski definition) is 7. The van der Waals surface area contributed by atoms with Gasteiger partial charge in [-0.3, -0.25) is 8.98 Å². The Morgan fingerprint density at radius 2 is 2.06 bits per heavy atom. The molecule has 0 aliphatic carbocycles. The number of fused-ring (bicyclic) bond motifs is 1. The van der Waals surface area contributed by atoms with Crippen LogP contribution in [0.2, 0.25) is 0 Å². The number of rotatable bonds is 9. The summed E-state index contributed by atoms with van der Waals surface area (Å²) >= 11 is 0. The van der Waals surface area contributed by atoms with E-state index in [1.54, 1.807) is 26.1 Å². The van der Waals surface area contributed by atoms with E-state index in [0.29, 0.717) is 18.5 Å². The summed E-state index contributed by atoms with van der Waals surface area (Å²) in [5.74, 6) is -0.462. The molecule has 0 radical (unpaired) electrons. The van der Waals surface area contributed by atoms with E-state index >= 15 is 0 Å². The molecule has 31 heavy (non-hydrogen) atoms. The summed E-state index contributed by atoms with van der Waals surface area (Å²) in [7, 11) is -0.170. The summed E-state index contributed by atoms with van der Waals surface area (Å²) in [6, 6.07) is 5.65. The minimum Gasteiger partial charge on any atom is -0.460 e. The first-order valence-corrected chi connectivity index (χ1v) is 11.9. The Kier molecular flexibility index (Phi) is 7.10. The van der Waals surface area contributed by atoms with Crippen molar-refractivity contribution in [3.63, 3.8) is 0 Å². The summed E-state index contributed by atoms with van der Waals surface area (Å²) in [6.45, 7) is 7.16. The van der Waals surface area contributed by atoms with Gasteiger partial charge in [0.25, 0.3) is 0 Å². The van der Waals surface area contributed by atoms with Crippen LogP contribution in [0.25, 0.3) is 10.9 Å². The van der Waals surface area contributed by atoms with Gasteiger partial charge in [0.2, 0.25) is 0 Å². The maximum Gasteiger partial charge on any atom is 0.366 e. The zero-order chi connectivity index (χ0) is 22.8. The molecule has 1 aromatic heterocycles. The third-order valence-corrected chi connectivity index (χ3v) is 6.69. The minimum atomic E-state index is -4.13.